The lowest BCUT2D eigenvalue weighted by Crippen LogP contribution is -2.49. The Morgan fingerprint density at radius 2 is 1.75 bits per heavy atom. The van der Waals surface area contributed by atoms with E-state index in [4.69, 9.17) is 0 Å². The van der Waals surface area contributed by atoms with E-state index in [1.54, 1.807) is 0 Å². The Morgan fingerprint density at radius 1 is 1.07 bits per heavy atom. The van der Waals surface area contributed by atoms with Crippen LogP contribution in [0.4, 0.5) is 0 Å². The van der Waals surface area contributed by atoms with Crippen molar-refractivity contribution in [2.75, 3.05) is 31.1 Å². The highest BCUT2D eigenvalue weighted by molar-refractivity contribution is 7.91. The Labute approximate surface area is 168 Å². The fourth-order valence-corrected chi connectivity index (χ4v) is 7.11. The maximum Gasteiger partial charge on any atom is 0.224 e. The summed E-state index contributed by atoms with van der Waals surface area (Å²) in [4.78, 5) is 15.0. The van der Waals surface area contributed by atoms with Gasteiger partial charge in [0.1, 0.15) is 0 Å². The fraction of sp³-hybridized carbons (Fsp3) is 0.682. The third-order valence-electron chi connectivity index (χ3n) is 7.01. The van der Waals surface area contributed by atoms with Crippen molar-refractivity contribution in [3.63, 3.8) is 0 Å². The zero-order chi connectivity index (χ0) is 19.6. The highest BCUT2D eigenvalue weighted by atomic mass is 32.2. The molecule has 2 heterocycles. The average molecular weight is 405 g/mol. The van der Waals surface area contributed by atoms with E-state index in [-0.39, 0.29) is 34.8 Å². The summed E-state index contributed by atoms with van der Waals surface area (Å²) in [7, 11) is -3.01. The molecule has 3 fully saturated rings. The van der Waals surface area contributed by atoms with Crippen molar-refractivity contribution in [2.24, 2.45) is 5.92 Å². The van der Waals surface area contributed by atoms with Gasteiger partial charge in [0.25, 0.3) is 0 Å². The Balaban J connectivity index is 1.30. The molecular weight excluding hydrogens is 372 g/mol. The van der Waals surface area contributed by atoms with Gasteiger partial charge in [0.05, 0.1) is 17.4 Å². The normalized spacial score (nSPS) is 27.6. The molecule has 0 bridgehead atoms. The van der Waals surface area contributed by atoms with Crippen LogP contribution in [-0.2, 0) is 20.0 Å². The van der Waals surface area contributed by atoms with Crippen molar-refractivity contribution >= 4 is 15.7 Å². The largest absolute Gasteiger partial charge is 0.353 e. The second kappa shape index (κ2) is 8.15. The lowest BCUT2D eigenvalue weighted by molar-refractivity contribution is -0.125. The predicted molar refractivity (Wildman–Crippen MR) is 111 cm³/mol. The molecule has 6 heteroatoms. The first kappa shape index (κ1) is 19.9. The molecule has 1 amide bonds. The Bertz CT molecular complexity index is 779. The van der Waals surface area contributed by atoms with Crippen LogP contribution in [-0.4, -0.2) is 56.4 Å². The molecule has 0 spiro atoms. The zero-order valence-corrected chi connectivity index (χ0v) is 17.4. The monoisotopic (exact) mass is 404 g/mol. The summed E-state index contributed by atoms with van der Waals surface area (Å²) in [6.45, 7) is 3.11. The van der Waals surface area contributed by atoms with Crippen LogP contribution in [0.2, 0.25) is 0 Å². The summed E-state index contributed by atoms with van der Waals surface area (Å²) in [5.41, 5.74) is 1.76. The standard InChI is InChI=1S/C22H32N2O3S/c25-21(18-10-15-28(26,27)16-18)23-20-8-13-24(14-9-20)17-22(11-4-5-12-22)19-6-2-1-3-7-19/h1-3,6-7,18,20H,4-5,8-17H2,(H,23,25). The molecule has 154 valence electrons. The summed E-state index contributed by atoms with van der Waals surface area (Å²) < 4.78 is 23.2. The summed E-state index contributed by atoms with van der Waals surface area (Å²) in [6.07, 6.45) is 7.55. The van der Waals surface area contributed by atoms with Gasteiger partial charge in [-0.2, -0.15) is 0 Å². The quantitative estimate of drug-likeness (QED) is 0.819. The Kier molecular flexibility index (Phi) is 5.79. The van der Waals surface area contributed by atoms with Gasteiger partial charge in [0.15, 0.2) is 9.84 Å². The van der Waals surface area contributed by atoms with Crippen LogP contribution >= 0.6 is 0 Å². The number of sulfone groups is 1. The number of benzene rings is 1. The maximum atomic E-state index is 12.4. The average Bonchev–Trinajstić information content (AvgIpc) is 3.31. The number of piperidine rings is 1. The summed E-state index contributed by atoms with van der Waals surface area (Å²) in [5.74, 6) is -0.221. The second-order valence-electron chi connectivity index (χ2n) is 9.01. The van der Waals surface area contributed by atoms with E-state index in [1.807, 2.05) is 0 Å². The molecule has 4 rings (SSSR count). The van der Waals surface area contributed by atoms with E-state index in [1.165, 1.54) is 31.2 Å². The lowest BCUT2D eigenvalue weighted by Gasteiger charge is -2.39. The van der Waals surface area contributed by atoms with Crippen LogP contribution in [0.25, 0.3) is 0 Å². The van der Waals surface area contributed by atoms with Gasteiger partial charge in [0, 0.05) is 31.1 Å². The number of carbonyl (C=O) groups is 1. The number of hydrogen-bond acceptors (Lipinski definition) is 4. The van der Waals surface area contributed by atoms with Crippen LogP contribution in [0.5, 0.6) is 0 Å². The molecule has 0 radical (unpaired) electrons. The molecule has 1 N–H and O–H groups in total. The van der Waals surface area contributed by atoms with Gasteiger partial charge in [-0.1, -0.05) is 43.2 Å². The number of carbonyl (C=O) groups excluding carboxylic acids is 1. The van der Waals surface area contributed by atoms with Crippen LogP contribution in [0, 0.1) is 5.92 Å². The molecule has 2 saturated heterocycles. The predicted octanol–water partition coefficient (Wildman–Crippen LogP) is 2.51. The van der Waals surface area contributed by atoms with Crippen molar-refractivity contribution in [3.8, 4) is 0 Å². The van der Waals surface area contributed by atoms with Gasteiger partial charge in [-0.05, 0) is 37.7 Å². The van der Waals surface area contributed by atoms with Crippen LogP contribution < -0.4 is 5.32 Å². The number of likely N-dealkylation sites (tertiary alicyclic amines) is 1. The van der Waals surface area contributed by atoms with E-state index in [0.717, 1.165) is 32.5 Å². The molecule has 1 aromatic carbocycles. The van der Waals surface area contributed by atoms with Gasteiger partial charge in [-0.3, -0.25) is 4.79 Å². The van der Waals surface area contributed by atoms with Crippen molar-refractivity contribution in [1.82, 2.24) is 10.2 Å². The number of nitrogens with zero attached hydrogens (tertiary/aromatic N) is 1. The van der Waals surface area contributed by atoms with Gasteiger partial charge in [0.2, 0.25) is 5.91 Å². The van der Waals surface area contributed by atoms with Crippen LogP contribution in [0.15, 0.2) is 30.3 Å². The highest BCUT2D eigenvalue weighted by Gasteiger charge is 2.38. The first-order valence-corrected chi connectivity index (χ1v) is 12.6. The molecule has 2 aliphatic heterocycles. The Morgan fingerprint density at radius 3 is 2.36 bits per heavy atom. The zero-order valence-electron chi connectivity index (χ0n) is 16.6. The van der Waals surface area contributed by atoms with Crippen molar-refractivity contribution < 1.29 is 13.2 Å². The minimum atomic E-state index is -3.01. The van der Waals surface area contributed by atoms with E-state index in [9.17, 15) is 13.2 Å². The highest BCUT2D eigenvalue weighted by Crippen LogP contribution is 2.42. The van der Waals surface area contributed by atoms with Gasteiger partial charge >= 0.3 is 0 Å². The van der Waals surface area contributed by atoms with Gasteiger partial charge < -0.3 is 10.2 Å². The number of amides is 1. The number of rotatable bonds is 5. The molecule has 3 aliphatic rings. The number of hydrogen-bond donors (Lipinski definition) is 1. The number of nitrogens with one attached hydrogen (secondary N) is 1. The van der Waals surface area contributed by atoms with Gasteiger partial charge in [-0.25, -0.2) is 8.42 Å². The molecule has 0 aromatic heterocycles. The van der Waals surface area contributed by atoms with E-state index < -0.39 is 9.84 Å². The molecule has 5 nitrogen and oxygen atoms in total. The van der Waals surface area contributed by atoms with Crippen LogP contribution in [0.3, 0.4) is 0 Å². The topological polar surface area (TPSA) is 66.5 Å². The first-order valence-electron chi connectivity index (χ1n) is 10.7. The summed E-state index contributed by atoms with van der Waals surface area (Å²) in [5, 5.41) is 3.12. The fourth-order valence-electron chi connectivity index (χ4n) is 5.37. The molecule has 1 unspecified atom stereocenters. The van der Waals surface area contributed by atoms with E-state index in [0.29, 0.717) is 6.42 Å². The maximum absolute atomic E-state index is 12.4. The van der Waals surface area contributed by atoms with E-state index in [2.05, 4.69) is 40.5 Å². The minimum Gasteiger partial charge on any atom is -0.353 e. The summed E-state index contributed by atoms with van der Waals surface area (Å²) >= 11 is 0. The molecule has 1 aromatic rings. The van der Waals surface area contributed by atoms with Crippen molar-refractivity contribution in [3.05, 3.63) is 35.9 Å². The van der Waals surface area contributed by atoms with Gasteiger partial charge in [-0.15, -0.1) is 0 Å². The summed E-state index contributed by atoms with van der Waals surface area (Å²) in [6, 6.07) is 11.2. The second-order valence-corrected chi connectivity index (χ2v) is 11.2. The molecular formula is C22H32N2O3S. The SMILES string of the molecule is O=C(NC1CCN(CC2(c3ccccc3)CCCC2)CC1)C1CCS(=O)(=O)C1. The molecule has 1 atom stereocenters. The smallest absolute Gasteiger partial charge is 0.224 e. The molecule has 28 heavy (non-hydrogen) atoms. The third kappa shape index (κ3) is 4.43. The Hall–Kier alpha value is -1.40. The molecule has 1 aliphatic carbocycles. The van der Waals surface area contributed by atoms with E-state index >= 15 is 0 Å². The van der Waals surface area contributed by atoms with Crippen LogP contribution in [0.1, 0.15) is 50.5 Å². The van der Waals surface area contributed by atoms with Crippen molar-refractivity contribution in [1.29, 1.82) is 0 Å². The molecule has 1 saturated carbocycles. The first-order chi connectivity index (χ1) is 13.5. The lowest BCUT2D eigenvalue weighted by atomic mass is 9.78. The third-order valence-corrected chi connectivity index (χ3v) is 8.78. The van der Waals surface area contributed by atoms with Crippen molar-refractivity contribution in [2.45, 2.75) is 56.4 Å². The minimum absolute atomic E-state index is 0.0251.